The van der Waals surface area contributed by atoms with Crippen LogP contribution in [0.15, 0.2) is 84.9 Å². The summed E-state index contributed by atoms with van der Waals surface area (Å²) in [4.78, 5) is 17.8. The van der Waals surface area contributed by atoms with Crippen LogP contribution in [-0.4, -0.2) is 62.6 Å². The van der Waals surface area contributed by atoms with Crippen molar-refractivity contribution in [1.82, 2.24) is 9.80 Å². The van der Waals surface area contributed by atoms with E-state index in [0.717, 1.165) is 6.26 Å². The van der Waals surface area contributed by atoms with Crippen LogP contribution in [0, 0.1) is 0 Å². The lowest BCUT2D eigenvalue weighted by atomic mass is 9.96. The van der Waals surface area contributed by atoms with Gasteiger partial charge in [0.1, 0.15) is 6.04 Å². The molecule has 0 aliphatic carbocycles. The first-order valence-electron chi connectivity index (χ1n) is 12.2. The van der Waals surface area contributed by atoms with Crippen molar-refractivity contribution in [3.05, 3.63) is 101 Å². The number of rotatable bonds is 8. The van der Waals surface area contributed by atoms with Gasteiger partial charge in [-0.3, -0.25) is 14.0 Å². The summed E-state index contributed by atoms with van der Waals surface area (Å²) in [7, 11) is -3.69. The van der Waals surface area contributed by atoms with Crippen molar-refractivity contribution in [3.8, 4) is 0 Å². The summed E-state index contributed by atoms with van der Waals surface area (Å²) in [6, 6.07) is 26.6. The van der Waals surface area contributed by atoms with Gasteiger partial charge in [-0.05, 0) is 41.8 Å². The Labute approximate surface area is 219 Å². The number of nitrogens with zero attached hydrogens (tertiary/aromatic N) is 3. The molecule has 3 aromatic carbocycles. The molecule has 1 aliphatic heterocycles. The number of hydrogen-bond donors (Lipinski definition) is 0. The van der Waals surface area contributed by atoms with Gasteiger partial charge in [0.05, 0.1) is 18.0 Å². The topological polar surface area (TPSA) is 60.9 Å². The highest BCUT2D eigenvalue weighted by Crippen LogP contribution is 2.30. The number of sulfonamides is 1. The van der Waals surface area contributed by atoms with Gasteiger partial charge in [0, 0.05) is 31.2 Å². The zero-order valence-corrected chi connectivity index (χ0v) is 22.2. The normalized spacial score (nSPS) is 15.6. The zero-order chi connectivity index (χ0) is 25.7. The van der Waals surface area contributed by atoms with Gasteiger partial charge in [-0.15, -0.1) is 0 Å². The van der Waals surface area contributed by atoms with Crippen LogP contribution in [0.4, 0.5) is 5.69 Å². The Morgan fingerprint density at radius 1 is 0.861 bits per heavy atom. The van der Waals surface area contributed by atoms with E-state index in [1.54, 1.807) is 29.2 Å². The molecule has 8 heteroatoms. The third-order valence-corrected chi connectivity index (χ3v) is 8.05. The molecule has 1 amide bonds. The van der Waals surface area contributed by atoms with Crippen molar-refractivity contribution >= 4 is 33.2 Å². The van der Waals surface area contributed by atoms with E-state index in [2.05, 4.69) is 29.2 Å². The SMILES string of the molecule is CC[C@@H](C(=O)N1CCN(C(c2ccccc2)c2ccccc2)CC1)N(c1ccc(Cl)cc1)S(C)(=O)=O. The van der Waals surface area contributed by atoms with Gasteiger partial charge in [-0.1, -0.05) is 79.2 Å². The lowest BCUT2D eigenvalue weighted by Crippen LogP contribution is -2.56. The highest BCUT2D eigenvalue weighted by atomic mass is 35.5. The molecule has 1 fully saturated rings. The van der Waals surface area contributed by atoms with Crippen LogP contribution in [0.25, 0.3) is 0 Å². The molecule has 0 unspecified atom stereocenters. The van der Waals surface area contributed by atoms with Crippen molar-refractivity contribution in [2.45, 2.75) is 25.4 Å². The highest BCUT2D eigenvalue weighted by molar-refractivity contribution is 7.92. The predicted molar refractivity (Wildman–Crippen MR) is 146 cm³/mol. The molecule has 1 saturated heterocycles. The van der Waals surface area contributed by atoms with E-state index in [4.69, 9.17) is 11.6 Å². The molecular weight excluding hydrogens is 494 g/mol. The summed E-state index contributed by atoms with van der Waals surface area (Å²) >= 11 is 6.01. The number of anilines is 1. The third-order valence-electron chi connectivity index (χ3n) is 6.61. The van der Waals surface area contributed by atoms with Crippen LogP contribution < -0.4 is 4.31 Å². The van der Waals surface area contributed by atoms with Gasteiger partial charge < -0.3 is 4.90 Å². The Morgan fingerprint density at radius 2 is 1.36 bits per heavy atom. The molecule has 190 valence electrons. The van der Waals surface area contributed by atoms with Crippen LogP contribution in [0.3, 0.4) is 0 Å². The zero-order valence-electron chi connectivity index (χ0n) is 20.6. The van der Waals surface area contributed by atoms with E-state index in [0.29, 0.717) is 43.3 Å². The van der Waals surface area contributed by atoms with E-state index in [1.165, 1.54) is 15.4 Å². The largest absolute Gasteiger partial charge is 0.338 e. The minimum Gasteiger partial charge on any atom is -0.338 e. The van der Waals surface area contributed by atoms with Crippen molar-refractivity contribution in [2.24, 2.45) is 0 Å². The average Bonchev–Trinajstić information content (AvgIpc) is 2.89. The first-order valence-corrected chi connectivity index (χ1v) is 14.4. The summed E-state index contributed by atoms with van der Waals surface area (Å²) in [5, 5.41) is 0.508. The minimum absolute atomic E-state index is 0.0909. The van der Waals surface area contributed by atoms with Gasteiger partial charge in [-0.2, -0.15) is 0 Å². The fraction of sp³-hybridized carbons (Fsp3) is 0.321. The maximum absolute atomic E-state index is 13.6. The molecule has 1 atom stereocenters. The molecule has 0 spiro atoms. The minimum atomic E-state index is -3.69. The third kappa shape index (κ3) is 5.91. The van der Waals surface area contributed by atoms with Crippen LogP contribution in [0.1, 0.15) is 30.5 Å². The molecule has 1 aliphatic rings. The molecule has 0 N–H and O–H groups in total. The summed E-state index contributed by atoms with van der Waals surface area (Å²) in [6.45, 7) is 4.29. The number of amides is 1. The van der Waals surface area contributed by atoms with Crippen molar-refractivity contribution in [2.75, 3.05) is 36.7 Å². The second-order valence-corrected chi connectivity index (χ2v) is 11.3. The first kappa shape index (κ1) is 26.2. The summed E-state index contributed by atoms with van der Waals surface area (Å²) in [6.07, 6.45) is 1.51. The first-order chi connectivity index (χ1) is 17.3. The van der Waals surface area contributed by atoms with Gasteiger partial charge in [0.15, 0.2) is 0 Å². The van der Waals surface area contributed by atoms with Gasteiger partial charge >= 0.3 is 0 Å². The maximum Gasteiger partial charge on any atom is 0.246 e. The lowest BCUT2D eigenvalue weighted by molar-refractivity contribution is -0.134. The second-order valence-electron chi connectivity index (χ2n) is 9.04. The summed E-state index contributed by atoms with van der Waals surface area (Å²) in [5.74, 6) is -0.173. The number of halogens is 1. The fourth-order valence-corrected chi connectivity index (χ4v) is 6.26. The lowest BCUT2D eigenvalue weighted by Gasteiger charge is -2.41. The highest BCUT2D eigenvalue weighted by Gasteiger charge is 2.36. The number of hydrogen-bond acceptors (Lipinski definition) is 4. The van der Waals surface area contributed by atoms with Gasteiger partial charge in [0.25, 0.3) is 0 Å². The Hall–Kier alpha value is -2.87. The molecule has 4 rings (SSSR count). The van der Waals surface area contributed by atoms with Crippen LogP contribution in [0.5, 0.6) is 0 Å². The fourth-order valence-electron chi connectivity index (χ4n) is 4.93. The van der Waals surface area contributed by atoms with Crippen molar-refractivity contribution < 1.29 is 13.2 Å². The Balaban J connectivity index is 1.53. The number of carbonyl (C=O) groups excluding carboxylic acids is 1. The summed E-state index contributed by atoms with van der Waals surface area (Å²) < 4.78 is 26.8. The van der Waals surface area contributed by atoms with Crippen LogP contribution >= 0.6 is 11.6 Å². The predicted octanol–water partition coefficient (Wildman–Crippen LogP) is 4.82. The van der Waals surface area contributed by atoms with E-state index < -0.39 is 16.1 Å². The number of piperazine rings is 1. The molecule has 0 aromatic heterocycles. The quantitative estimate of drug-likeness (QED) is 0.423. The Morgan fingerprint density at radius 3 is 1.81 bits per heavy atom. The summed E-state index contributed by atoms with van der Waals surface area (Å²) in [5.41, 5.74) is 2.86. The molecule has 0 radical (unpaired) electrons. The van der Waals surface area contributed by atoms with Crippen LogP contribution in [0.2, 0.25) is 5.02 Å². The monoisotopic (exact) mass is 525 g/mol. The van der Waals surface area contributed by atoms with E-state index in [1.807, 2.05) is 43.3 Å². The van der Waals surface area contributed by atoms with Crippen molar-refractivity contribution in [3.63, 3.8) is 0 Å². The van der Waals surface area contributed by atoms with Crippen molar-refractivity contribution in [1.29, 1.82) is 0 Å². The number of benzene rings is 3. The van der Waals surface area contributed by atoms with Crippen LogP contribution in [-0.2, 0) is 14.8 Å². The molecule has 3 aromatic rings. The van der Waals surface area contributed by atoms with E-state index >= 15 is 0 Å². The molecule has 1 heterocycles. The average molecular weight is 526 g/mol. The molecule has 0 bridgehead atoms. The van der Waals surface area contributed by atoms with E-state index in [-0.39, 0.29) is 11.9 Å². The maximum atomic E-state index is 13.6. The van der Waals surface area contributed by atoms with Gasteiger partial charge in [0.2, 0.25) is 15.9 Å². The molecule has 36 heavy (non-hydrogen) atoms. The molecule has 0 saturated carbocycles. The molecular formula is C28H32ClN3O3S. The molecule has 6 nitrogen and oxygen atoms in total. The van der Waals surface area contributed by atoms with Gasteiger partial charge in [-0.25, -0.2) is 8.42 Å². The second kappa shape index (κ2) is 11.5. The number of carbonyl (C=O) groups is 1. The Kier molecular flexibility index (Phi) is 8.34. The smallest absolute Gasteiger partial charge is 0.246 e. The Bertz CT molecular complexity index is 1210. The van der Waals surface area contributed by atoms with E-state index in [9.17, 15) is 13.2 Å². The standard InChI is InChI=1S/C28H32ClN3O3S/c1-3-26(32(36(2,34)35)25-16-14-24(29)15-17-25)28(33)31-20-18-30(19-21-31)27(22-10-6-4-7-11-22)23-12-8-5-9-13-23/h4-17,26-27H,3,18-21H2,1-2H3/t26-/m0/s1.